The Kier molecular flexibility index (Phi) is 5.57. The summed E-state index contributed by atoms with van der Waals surface area (Å²) in [7, 11) is -4.05. The Hall–Kier alpha value is -3.71. The number of sulfonamides is 1. The lowest BCUT2D eigenvalue weighted by molar-refractivity contribution is 0.0696. The summed E-state index contributed by atoms with van der Waals surface area (Å²) >= 11 is 0. The van der Waals surface area contributed by atoms with Gasteiger partial charge >= 0.3 is 5.97 Å². The number of benzene rings is 3. The molecule has 0 saturated carbocycles. The van der Waals surface area contributed by atoms with Gasteiger partial charge in [0, 0.05) is 17.1 Å². The van der Waals surface area contributed by atoms with Crippen molar-refractivity contribution in [3.8, 4) is 0 Å². The van der Waals surface area contributed by atoms with E-state index in [4.69, 9.17) is 0 Å². The number of aryl methyl sites for hydroxylation is 2. The van der Waals surface area contributed by atoms with Crippen molar-refractivity contribution in [3.63, 3.8) is 0 Å². The van der Waals surface area contributed by atoms with E-state index < -0.39 is 22.0 Å². The lowest BCUT2D eigenvalue weighted by atomic mass is 9.87. The number of fused-ring (bicyclic) bond motifs is 2. The Bertz CT molecular complexity index is 1500. The van der Waals surface area contributed by atoms with Crippen molar-refractivity contribution in [2.45, 2.75) is 37.1 Å². The number of carboxylic acid groups (broad SMARTS) is 1. The number of anilines is 1. The van der Waals surface area contributed by atoms with Crippen LogP contribution in [0.4, 0.5) is 5.82 Å². The van der Waals surface area contributed by atoms with Gasteiger partial charge in [0.1, 0.15) is 5.82 Å². The number of carbonyl (C=O) groups is 1. The van der Waals surface area contributed by atoms with Gasteiger partial charge in [0.05, 0.1) is 16.5 Å². The highest BCUT2D eigenvalue weighted by molar-refractivity contribution is 7.92. The molecule has 4 aromatic rings. The molecule has 7 heteroatoms. The minimum Gasteiger partial charge on any atom is -0.478 e. The average molecular weight is 473 g/mol. The van der Waals surface area contributed by atoms with E-state index in [9.17, 15) is 18.3 Å². The van der Waals surface area contributed by atoms with Crippen molar-refractivity contribution >= 4 is 32.6 Å². The van der Waals surface area contributed by atoms with Crippen molar-refractivity contribution in [2.24, 2.45) is 0 Å². The average Bonchev–Trinajstić information content (AvgIpc) is 2.86. The highest BCUT2D eigenvalue weighted by Crippen LogP contribution is 2.41. The molecule has 0 aliphatic heterocycles. The summed E-state index contributed by atoms with van der Waals surface area (Å²) in [5.41, 5.74) is 2.94. The van der Waals surface area contributed by atoms with Crippen molar-refractivity contribution in [1.29, 1.82) is 0 Å². The first-order valence-electron chi connectivity index (χ1n) is 11.2. The molecule has 1 aliphatic rings. The highest BCUT2D eigenvalue weighted by atomic mass is 32.2. The van der Waals surface area contributed by atoms with E-state index >= 15 is 0 Å². The SMILES string of the molecule is Cc1c(N([C@@H]2CCCc3ccccc32)S(=O)(=O)c2ccc(C(=O)O)cc2)ncc2ccccc12. The van der Waals surface area contributed by atoms with Gasteiger partial charge in [-0.05, 0) is 67.0 Å². The lowest BCUT2D eigenvalue weighted by Crippen LogP contribution is -2.38. The molecule has 34 heavy (non-hydrogen) atoms. The number of rotatable bonds is 5. The number of pyridine rings is 1. The van der Waals surface area contributed by atoms with Gasteiger partial charge in [-0.2, -0.15) is 0 Å². The first kappa shape index (κ1) is 22.1. The zero-order valence-corrected chi connectivity index (χ0v) is 19.5. The van der Waals surface area contributed by atoms with Gasteiger partial charge in [-0.15, -0.1) is 0 Å². The maximum absolute atomic E-state index is 14.1. The molecule has 1 heterocycles. The van der Waals surface area contributed by atoms with Gasteiger partial charge in [0.15, 0.2) is 0 Å². The quantitative estimate of drug-likeness (QED) is 0.414. The van der Waals surface area contributed by atoms with Crippen LogP contribution in [0.3, 0.4) is 0 Å². The molecule has 0 fully saturated rings. The zero-order chi connectivity index (χ0) is 23.9. The van der Waals surface area contributed by atoms with Crippen LogP contribution in [0, 0.1) is 6.92 Å². The molecule has 0 bridgehead atoms. The largest absolute Gasteiger partial charge is 0.478 e. The molecule has 0 unspecified atom stereocenters. The number of aromatic nitrogens is 1. The summed E-state index contributed by atoms with van der Waals surface area (Å²) in [5.74, 6) is -0.711. The predicted molar refractivity (Wildman–Crippen MR) is 132 cm³/mol. The first-order chi connectivity index (χ1) is 16.4. The molecule has 3 aromatic carbocycles. The van der Waals surface area contributed by atoms with Crippen molar-refractivity contribution < 1.29 is 18.3 Å². The second-order valence-electron chi connectivity index (χ2n) is 8.53. The fourth-order valence-electron chi connectivity index (χ4n) is 4.81. The number of carboxylic acids is 1. The van der Waals surface area contributed by atoms with Gasteiger partial charge in [-0.1, -0.05) is 48.5 Å². The Balaban J connectivity index is 1.73. The van der Waals surface area contributed by atoms with Crippen LogP contribution in [0.25, 0.3) is 10.8 Å². The van der Waals surface area contributed by atoms with Gasteiger partial charge in [0.2, 0.25) is 0 Å². The molecule has 0 spiro atoms. The smallest absolute Gasteiger partial charge is 0.335 e. The monoisotopic (exact) mass is 472 g/mol. The third-order valence-corrected chi connectivity index (χ3v) is 8.33. The number of hydrogen-bond acceptors (Lipinski definition) is 4. The van der Waals surface area contributed by atoms with Crippen LogP contribution in [0.1, 0.15) is 45.9 Å². The molecular formula is C27H24N2O4S. The molecule has 172 valence electrons. The van der Waals surface area contributed by atoms with E-state index in [0.717, 1.165) is 40.3 Å². The molecule has 1 aromatic heterocycles. The summed E-state index contributed by atoms with van der Waals surface area (Å²) in [6.45, 7) is 1.90. The highest BCUT2D eigenvalue weighted by Gasteiger charge is 2.37. The standard InChI is InChI=1S/C27H24N2O4S/c1-18-23-10-4-3-8-21(23)17-28-26(18)29(25-12-6-9-19-7-2-5-11-24(19)25)34(32,33)22-15-13-20(14-16-22)27(30)31/h2-5,7-8,10-11,13-17,25H,6,9,12H2,1H3,(H,30,31)/t25-/m1/s1. The Labute approximate surface area is 198 Å². The summed E-state index contributed by atoms with van der Waals surface area (Å²) < 4.78 is 29.7. The van der Waals surface area contributed by atoms with Crippen molar-refractivity contribution in [1.82, 2.24) is 4.98 Å². The van der Waals surface area contributed by atoms with Gasteiger partial charge in [-0.25, -0.2) is 22.5 Å². The number of hydrogen-bond donors (Lipinski definition) is 1. The molecular weight excluding hydrogens is 448 g/mol. The lowest BCUT2D eigenvalue weighted by Gasteiger charge is -2.36. The van der Waals surface area contributed by atoms with Crippen LogP contribution < -0.4 is 4.31 Å². The van der Waals surface area contributed by atoms with Crippen LogP contribution in [0.15, 0.2) is 83.9 Å². The summed E-state index contributed by atoms with van der Waals surface area (Å²) in [6.07, 6.45) is 4.14. The summed E-state index contributed by atoms with van der Waals surface area (Å²) in [5, 5.41) is 11.1. The van der Waals surface area contributed by atoms with Gasteiger partial charge in [0.25, 0.3) is 10.0 Å². The van der Waals surface area contributed by atoms with Crippen LogP contribution in [-0.4, -0.2) is 24.5 Å². The van der Waals surface area contributed by atoms with E-state index in [1.807, 2.05) is 49.4 Å². The fraction of sp³-hybridized carbons (Fsp3) is 0.185. The number of nitrogens with zero attached hydrogens (tertiary/aromatic N) is 2. The Morgan fingerprint density at radius 1 is 1.00 bits per heavy atom. The van der Waals surface area contributed by atoms with E-state index in [0.29, 0.717) is 12.2 Å². The first-order valence-corrected chi connectivity index (χ1v) is 12.6. The number of aromatic carboxylic acids is 1. The maximum atomic E-state index is 14.1. The van der Waals surface area contributed by atoms with Crippen molar-refractivity contribution in [2.75, 3.05) is 4.31 Å². The Morgan fingerprint density at radius 2 is 1.71 bits per heavy atom. The van der Waals surface area contributed by atoms with Crippen molar-refractivity contribution in [3.05, 3.63) is 101 Å². The molecule has 0 saturated heterocycles. The van der Waals surface area contributed by atoms with E-state index in [-0.39, 0.29) is 10.5 Å². The third-order valence-electron chi connectivity index (χ3n) is 6.51. The zero-order valence-electron chi connectivity index (χ0n) is 18.7. The van der Waals surface area contributed by atoms with Crippen LogP contribution >= 0.6 is 0 Å². The topological polar surface area (TPSA) is 87.6 Å². The van der Waals surface area contributed by atoms with Crippen LogP contribution in [0.5, 0.6) is 0 Å². The van der Waals surface area contributed by atoms with Crippen LogP contribution in [-0.2, 0) is 16.4 Å². The molecule has 1 N–H and O–H groups in total. The normalized spacial score (nSPS) is 15.6. The maximum Gasteiger partial charge on any atom is 0.335 e. The summed E-state index contributed by atoms with van der Waals surface area (Å²) in [4.78, 5) is 16.0. The fourth-order valence-corrected chi connectivity index (χ4v) is 6.48. The van der Waals surface area contributed by atoms with Crippen LogP contribution in [0.2, 0.25) is 0 Å². The molecule has 0 amide bonds. The van der Waals surface area contributed by atoms with Gasteiger partial charge in [-0.3, -0.25) is 0 Å². The Morgan fingerprint density at radius 3 is 2.47 bits per heavy atom. The predicted octanol–water partition coefficient (Wildman–Crippen LogP) is 5.51. The molecule has 1 atom stereocenters. The molecule has 5 rings (SSSR count). The van der Waals surface area contributed by atoms with Gasteiger partial charge < -0.3 is 5.11 Å². The minimum atomic E-state index is -4.05. The molecule has 6 nitrogen and oxygen atoms in total. The third kappa shape index (κ3) is 3.72. The van der Waals surface area contributed by atoms with E-state index in [2.05, 4.69) is 11.1 Å². The van der Waals surface area contributed by atoms with E-state index in [1.54, 1.807) is 6.20 Å². The second-order valence-corrected chi connectivity index (χ2v) is 10.3. The van der Waals surface area contributed by atoms with E-state index in [1.165, 1.54) is 28.6 Å². The molecule has 1 aliphatic carbocycles. The second kappa shape index (κ2) is 8.57. The molecule has 0 radical (unpaired) electrons. The minimum absolute atomic E-state index is 0.0357. The summed E-state index contributed by atoms with van der Waals surface area (Å²) in [6, 6.07) is 20.7.